The first-order valence-electron chi connectivity index (χ1n) is 11.5. The number of aromatic nitrogens is 2. The predicted octanol–water partition coefficient (Wildman–Crippen LogP) is 2.65. The van der Waals surface area contributed by atoms with Crippen LogP contribution in [0.15, 0.2) is 29.4 Å². The van der Waals surface area contributed by atoms with E-state index >= 15 is 0 Å². The molecule has 3 amide bonds. The third-order valence-electron chi connectivity index (χ3n) is 7.05. The number of amidine groups is 1. The number of hydrogen-bond acceptors (Lipinski definition) is 4. The van der Waals surface area contributed by atoms with Gasteiger partial charge in [-0.1, -0.05) is 17.5 Å². The van der Waals surface area contributed by atoms with E-state index in [-0.39, 0.29) is 11.9 Å². The molecule has 2 aromatic rings. The Morgan fingerprint density at radius 3 is 2.50 bits per heavy atom. The summed E-state index contributed by atoms with van der Waals surface area (Å²) >= 11 is 0. The van der Waals surface area contributed by atoms with Crippen LogP contribution in [0.25, 0.3) is 5.69 Å². The predicted molar refractivity (Wildman–Crippen MR) is 121 cm³/mol. The number of benzene rings is 1. The van der Waals surface area contributed by atoms with Gasteiger partial charge in [0.05, 0.1) is 0 Å². The van der Waals surface area contributed by atoms with Gasteiger partial charge in [-0.05, 0) is 70.0 Å². The van der Waals surface area contributed by atoms with Crippen molar-refractivity contribution in [2.24, 2.45) is 4.99 Å². The fourth-order valence-corrected chi connectivity index (χ4v) is 5.00. The molecule has 0 spiro atoms. The topological polar surface area (TPSA) is 65.0 Å². The summed E-state index contributed by atoms with van der Waals surface area (Å²) in [5.74, 6) is 0.989. The smallest absolute Gasteiger partial charge is 0.302 e. The van der Waals surface area contributed by atoms with Gasteiger partial charge in [-0.15, -0.1) is 0 Å². The summed E-state index contributed by atoms with van der Waals surface area (Å²) in [7, 11) is 1.72. The van der Waals surface area contributed by atoms with E-state index in [9.17, 15) is 9.59 Å². The quantitative estimate of drug-likeness (QED) is 0.694. The van der Waals surface area contributed by atoms with E-state index in [1.54, 1.807) is 7.05 Å². The summed E-state index contributed by atoms with van der Waals surface area (Å²) in [5.41, 5.74) is 4.43. The molecular formula is C24H31N6O2+. The van der Waals surface area contributed by atoms with Gasteiger partial charge in [0.25, 0.3) is 5.91 Å². The largest absolute Gasteiger partial charge is 0.406 e. The van der Waals surface area contributed by atoms with Crippen molar-refractivity contribution in [3.63, 3.8) is 0 Å². The third kappa shape index (κ3) is 3.24. The number of imide groups is 1. The van der Waals surface area contributed by atoms with E-state index in [0.29, 0.717) is 18.3 Å². The summed E-state index contributed by atoms with van der Waals surface area (Å²) < 4.78 is 3.97. The van der Waals surface area contributed by atoms with E-state index < -0.39 is 6.04 Å². The van der Waals surface area contributed by atoms with Gasteiger partial charge in [0, 0.05) is 20.1 Å². The zero-order chi connectivity index (χ0) is 22.6. The number of carbonyl (C=O) groups is 2. The maximum absolute atomic E-state index is 13.5. The molecule has 8 heteroatoms. The number of piperidine rings is 1. The van der Waals surface area contributed by atoms with Crippen LogP contribution in [0.3, 0.4) is 0 Å². The first-order chi connectivity index (χ1) is 15.4. The van der Waals surface area contributed by atoms with Crippen LogP contribution in [0, 0.1) is 20.8 Å². The molecule has 0 aliphatic carbocycles. The normalized spacial score (nSPS) is 21.1. The molecule has 4 heterocycles. The van der Waals surface area contributed by atoms with Crippen molar-refractivity contribution in [1.82, 2.24) is 19.3 Å². The van der Waals surface area contributed by atoms with Crippen molar-refractivity contribution < 1.29 is 14.2 Å². The zero-order valence-corrected chi connectivity index (χ0v) is 19.3. The number of likely N-dealkylation sites (N-methyl/N-ethyl adjacent to an activating group) is 1. The van der Waals surface area contributed by atoms with E-state index in [1.165, 1.54) is 40.2 Å². The minimum absolute atomic E-state index is 0.190. The minimum atomic E-state index is -0.597. The standard InChI is InChI=1S/C24H31N6O2/c1-16-8-9-19(14-17(16)2)30-18(3)15-29-20-21(25-23(29)30)26(4)24(32)28(22(20)31)13-12-27-10-6-5-7-11-27/h8-9,14-15,20H,5-7,10-13H2,1-4H3/q+1. The number of nitrogens with zero attached hydrogens (tertiary/aromatic N) is 6. The maximum Gasteiger partial charge on any atom is 0.406 e. The molecule has 168 valence electrons. The molecule has 0 bridgehead atoms. The van der Waals surface area contributed by atoms with E-state index in [2.05, 4.69) is 41.5 Å². The number of fused-ring (bicyclic) bond motifs is 3. The minimum Gasteiger partial charge on any atom is -0.302 e. The third-order valence-corrected chi connectivity index (χ3v) is 7.05. The molecule has 0 saturated carbocycles. The van der Waals surface area contributed by atoms with Gasteiger partial charge in [-0.25, -0.2) is 9.36 Å². The molecule has 1 atom stereocenters. The second-order valence-electron chi connectivity index (χ2n) is 9.19. The fourth-order valence-electron chi connectivity index (χ4n) is 5.00. The lowest BCUT2D eigenvalue weighted by Gasteiger charge is -2.35. The van der Waals surface area contributed by atoms with Crippen LogP contribution in [0.5, 0.6) is 0 Å². The molecule has 1 aromatic heterocycles. The highest BCUT2D eigenvalue weighted by atomic mass is 16.2. The Hall–Kier alpha value is -3.00. The van der Waals surface area contributed by atoms with Gasteiger partial charge in [0.1, 0.15) is 17.6 Å². The first kappa shape index (κ1) is 20.9. The summed E-state index contributed by atoms with van der Waals surface area (Å²) in [6, 6.07) is 5.41. The van der Waals surface area contributed by atoms with Crippen molar-refractivity contribution in [2.75, 3.05) is 33.2 Å². The Morgan fingerprint density at radius 2 is 1.78 bits per heavy atom. The van der Waals surface area contributed by atoms with E-state index in [1.807, 2.05) is 17.7 Å². The van der Waals surface area contributed by atoms with Gasteiger partial charge in [-0.2, -0.15) is 4.57 Å². The molecule has 3 aliphatic rings. The number of imidazole rings is 1. The number of aryl methyl sites for hydroxylation is 3. The van der Waals surface area contributed by atoms with Crippen molar-refractivity contribution in [3.8, 4) is 5.69 Å². The molecule has 0 N–H and O–H groups in total. The molecule has 32 heavy (non-hydrogen) atoms. The van der Waals surface area contributed by atoms with Crippen molar-refractivity contribution >= 4 is 23.7 Å². The summed E-state index contributed by atoms with van der Waals surface area (Å²) in [6.07, 6.45) is 5.60. The lowest BCUT2D eigenvalue weighted by atomic mass is 10.1. The van der Waals surface area contributed by atoms with Crippen LogP contribution in [0.1, 0.15) is 42.1 Å². The van der Waals surface area contributed by atoms with Crippen LogP contribution in [0.2, 0.25) is 0 Å². The Bertz CT molecular complexity index is 1130. The molecule has 1 aromatic carbocycles. The highest BCUT2D eigenvalue weighted by Gasteiger charge is 2.53. The van der Waals surface area contributed by atoms with E-state index in [4.69, 9.17) is 4.99 Å². The maximum atomic E-state index is 13.5. The van der Waals surface area contributed by atoms with E-state index in [0.717, 1.165) is 31.0 Å². The Kier molecular flexibility index (Phi) is 5.12. The summed E-state index contributed by atoms with van der Waals surface area (Å²) in [6.45, 7) is 9.42. The lowest BCUT2D eigenvalue weighted by molar-refractivity contribution is -0.676. The number of carbonyl (C=O) groups excluding carboxylic acids is 2. The molecule has 8 nitrogen and oxygen atoms in total. The fraction of sp³-hybridized carbons (Fsp3) is 0.500. The van der Waals surface area contributed by atoms with Gasteiger partial charge < -0.3 is 4.90 Å². The van der Waals surface area contributed by atoms with Crippen LogP contribution >= 0.6 is 0 Å². The summed E-state index contributed by atoms with van der Waals surface area (Å²) in [5, 5.41) is 0. The molecule has 2 saturated heterocycles. The average molecular weight is 436 g/mol. The number of rotatable bonds is 4. The van der Waals surface area contributed by atoms with Gasteiger partial charge >= 0.3 is 12.0 Å². The van der Waals surface area contributed by atoms with Crippen LogP contribution < -0.4 is 4.57 Å². The van der Waals surface area contributed by atoms with Gasteiger partial charge in [-0.3, -0.25) is 14.6 Å². The Labute approximate surface area is 188 Å². The lowest BCUT2D eigenvalue weighted by Crippen LogP contribution is -2.63. The average Bonchev–Trinajstić information content (AvgIpc) is 3.29. The number of likely N-dealkylation sites (tertiary alicyclic amines) is 1. The SMILES string of the molecule is Cc1ccc(-n2c(C)c[n+]3c2N=C2C3C(=O)N(CCN3CCCCC3)C(=O)N2C)cc1C. The Balaban J connectivity index is 1.47. The number of amides is 3. The number of urea groups is 1. The van der Waals surface area contributed by atoms with Gasteiger partial charge in [0.2, 0.25) is 11.9 Å². The number of aliphatic imine (C=N–C) groups is 1. The van der Waals surface area contributed by atoms with Crippen LogP contribution in [0.4, 0.5) is 10.7 Å². The van der Waals surface area contributed by atoms with Gasteiger partial charge in [0.15, 0.2) is 0 Å². The molecule has 3 aliphatic heterocycles. The summed E-state index contributed by atoms with van der Waals surface area (Å²) in [4.78, 5) is 36.6. The molecular weight excluding hydrogens is 404 g/mol. The first-order valence-corrected chi connectivity index (χ1v) is 11.5. The molecule has 5 rings (SSSR count). The van der Waals surface area contributed by atoms with Crippen molar-refractivity contribution in [1.29, 1.82) is 0 Å². The zero-order valence-electron chi connectivity index (χ0n) is 19.3. The van der Waals surface area contributed by atoms with Crippen molar-refractivity contribution in [2.45, 2.75) is 46.1 Å². The van der Waals surface area contributed by atoms with Crippen LogP contribution in [-0.2, 0) is 4.79 Å². The molecule has 2 fully saturated rings. The second kappa shape index (κ2) is 7.85. The van der Waals surface area contributed by atoms with Crippen LogP contribution in [-0.4, -0.2) is 70.3 Å². The second-order valence-corrected chi connectivity index (χ2v) is 9.19. The number of hydrogen-bond donors (Lipinski definition) is 0. The molecule has 0 radical (unpaired) electrons. The monoisotopic (exact) mass is 435 g/mol. The highest BCUT2D eigenvalue weighted by molar-refractivity contribution is 6.19. The highest BCUT2D eigenvalue weighted by Crippen LogP contribution is 2.31. The Morgan fingerprint density at radius 1 is 1.03 bits per heavy atom. The molecule has 1 unspecified atom stereocenters. The van der Waals surface area contributed by atoms with Crippen molar-refractivity contribution in [3.05, 3.63) is 41.2 Å².